The molecule has 0 N–H and O–H groups in total. The van der Waals surface area contributed by atoms with E-state index in [1.165, 1.54) is 76.5 Å². The van der Waals surface area contributed by atoms with Crippen LogP contribution in [0.25, 0.3) is 98.3 Å². The number of hydrogen-bond donors (Lipinski definition) is 0. The fraction of sp³-hybridized carbons (Fsp3) is 0. The zero-order chi connectivity index (χ0) is 31.6. The van der Waals surface area contributed by atoms with E-state index < -0.39 is 0 Å². The van der Waals surface area contributed by atoms with Gasteiger partial charge >= 0.3 is 0 Å². The molecule has 1 nitrogen and oxygen atoms in total. The van der Waals surface area contributed by atoms with Crippen LogP contribution in [0, 0.1) is 0 Å². The van der Waals surface area contributed by atoms with E-state index in [-0.39, 0.29) is 0 Å². The van der Waals surface area contributed by atoms with Crippen molar-refractivity contribution in [1.82, 2.24) is 4.98 Å². The summed E-state index contributed by atoms with van der Waals surface area (Å²) in [7, 11) is 0. The van der Waals surface area contributed by atoms with Crippen molar-refractivity contribution in [3.63, 3.8) is 0 Å². The van der Waals surface area contributed by atoms with Crippen molar-refractivity contribution in [2.75, 3.05) is 0 Å². The summed E-state index contributed by atoms with van der Waals surface area (Å²) >= 11 is 0. The third-order valence-electron chi connectivity index (χ3n) is 10.0. The quantitative estimate of drug-likeness (QED) is 0.144. The van der Waals surface area contributed by atoms with E-state index in [1.807, 2.05) is 0 Å². The number of pyridine rings is 1. The van der Waals surface area contributed by atoms with Crippen molar-refractivity contribution in [1.29, 1.82) is 0 Å². The molecule has 0 aliphatic rings. The monoisotopic (exact) mass is 607 g/mol. The summed E-state index contributed by atoms with van der Waals surface area (Å²) in [5.74, 6) is 0. The minimum atomic E-state index is 1.02. The summed E-state index contributed by atoms with van der Waals surface area (Å²) in [6.07, 6.45) is 0. The lowest BCUT2D eigenvalue weighted by molar-refractivity contribution is 1.51. The van der Waals surface area contributed by atoms with Crippen LogP contribution >= 0.6 is 0 Å². The molecule has 1 heterocycles. The zero-order valence-electron chi connectivity index (χ0n) is 26.2. The Labute approximate surface area is 278 Å². The Balaban J connectivity index is 1.33. The fourth-order valence-electron chi connectivity index (χ4n) is 7.92. The van der Waals surface area contributed by atoms with E-state index in [0.717, 1.165) is 21.8 Å². The molecule has 0 bridgehead atoms. The maximum atomic E-state index is 5.18. The van der Waals surface area contributed by atoms with Gasteiger partial charge in [-0.25, -0.2) is 4.98 Å². The highest BCUT2D eigenvalue weighted by atomic mass is 14.7. The van der Waals surface area contributed by atoms with Crippen molar-refractivity contribution in [3.05, 3.63) is 176 Å². The Kier molecular flexibility index (Phi) is 5.94. The normalized spacial score (nSPS) is 11.8. The first kappa shape index (κ1) is 26.9. The van der Waals surface area contributed by atoms with Crippen molar-refractivity contribution in [3.8, 4) is 33.4 Å². The molecule has 0 atom stereocenters. The molecular formula is C47H29N. The molecule has 222 valence electrons. The Hall–Kier alpha value is -6.31. The third kappa shape index (κ3) is 4.01. The highest BCUT2D eigenvalue weighted by Gasteiger charge is 2.21. The molecule has 0 amide bonds. The summed E-state index contributed by atoms with van der Waals surface area (Å²) in [6, 6.07) is 64.0. The first-order valence-corrected chi connectivity index (χ1v) is 16.6. The number of aromatic nitrogens is 1. The van der Waals surface area contributed by atoms with Gasteiger partial charge in [0.15, 0.2) is 0 Å². The molecule has 1 aromatic heterocycles. The number of nitrogens with zero attached hydrogens (tertiary/aromatic N) is 1. The Morgan fingerprint density at radius 3 is 1.40 bits per heavy atom. The van der Waals surface area contributed by atoms with Gasteiger partial charge in [-0.2, -0.15) is 0 Å². The van der Waals surface area contributed by atoms with Gasteiger partial charge in [0.1, 0.15) is 0 Å². The minimum absolute atomic E-state index is 1.02. The molecule has 1 heteroatoms. The van der Waals surface area contributed by atoms with Crippen LogP contribution in [0.4, 0.5) is 0 Å². The van der Waals surface area contributed by atoms with Crippen LogP contribution < -0.4 is 0 Å². The Morgan fingerprint density at radius 2 is 0.750 bits per heavy atom. The zero-order valence-corrected chi connectivity index (χ0v) is 26.2. The Morgan fingerprint density at radius 1 is 0.292 bits per heavy atom. The molecule has 0 saturated heterocycles. The molecule has 0 fully saturated rings. The molecular weight excluding hydrogens is 579 g/mol. The van der Waals surface area contributed by atoms with Crippen molar-refractivity contribution in [2.45, 2.75) is 0 Å². The van der Waals surface area contributed by atoms with Gasteiger partial charge < -0.3 is 0 Å². The largest absolute Gasteiger partial charge is 0.247 e. The summed E-state index contributed by atoms with van der Waals surface area (Å²) in [5, 5.41) is 12.2. The summed E-state index contributed by atoms with van der Waals surface area (Å²) in [6.45, 7) is 0. The van der Waals surface area contributed by atoms with Gasteiger partial charge in [0.2, 0.25) is 0 Å². The minimum Gasteiger partial charge on any atom is -0.247 e. The van der Waals surface area contributed by atoms with Gasteiger partial charge in [0.25, 0.3) is 0 Å². The lowest BCUT2D eigenvalue weighted by Gasteiger charge is -2.21. The van der Waals surface area contributed by atoms with Crippen LogP contribution in [-0.4, -0.2) is 4.98 Å². The molecule has 0 aliphatic carbocycles. The number of para-hydroxylation sites is 1. The maximum Gasteiger partial charge on any atom is 0.0788 e. The van der Waals surface area contributed by atoms with Crippen LogP contribution in [0.15, 0.2) is 176 Å². The second-order valence-corrected chi connectivity index (χ2v) is 12.6. The average molecular weight is 608 g/mol. The molecule has 0 saturated carbocycles. The maximum absolute atomic E-state index is 5.18. The molecule has 10 aromatic rings. The van der Waals surface area contributed by atoms with Crippen molar-refractivity contribution in [2.24, 2.45) is 0 Å². The third-order valence-corrected chi connectivity index (χ3v) is 10.0. The molecule has 0 spiro atoms. The first-order valence-electron chi connectivity index (χ1n) is 16.6. The lowest BCUT2D eigenvalue weighted by Crippen LogP contribution is -1.94. The highest BCUT2D eigenvalue weighted by Crippen LogP contribution is 2.48. The first-order chi connectivity index (χ1) is 23.8. The van der Waals surface area contributed by atoms with Gasteiger partial charge in [0, 0.05) is 16.2 Å². The summed E-state index contributed by atoms with van der Waals surface area (Å²) in [4.78, 5) is 5.18. The van der Waals surface area contributed by atoms with Gasteiger partial charge in [-0.15, -0.1) is 0 Å². The van der Waals surface area contributed by atoms with Gasteiger partial charge in [-0.3, -0.25) is 0 Å². The Bertz CT molecular complexity index is 2830. The van der Waals surface area contributed by atoms with E-state index in [1.54, 1.807) is 0 Å². The van der Waals surface area contributed by atoms with Crippen LogP contribution in [0.1, 0.15) is 0 Å². The van der Waals surface area contributed by atoms with E-state index in [9.17, 15) is 0 Å². The number of hydrogen-bond acceptors (Lipinski definition) is 1. The van der Waals surface area contributed by atoms with Gasteiger partial charge in [0.05, 0.1) is 11.0 Å². The highest BCUT2D eigenvalue weighted by molar-refractivity contribution is 6.27. The second-order valence-electron chi connectivity index (χ2n) is 12.6. The van der Waals surface area contributed by atoms with Crippen LogP contribution in [-0.2, 0) is 0 Å². The van der Waals surface area contributed by atoms with Crippen LogP contribution in [0.2, 0.25) is 0 Å². The average Bonchev–Trinajstić information content (AvgIpc) is 3.16. The van der Waals surface area contributed by atoms with E-state index in [2.05, 4.69) is 176 Å². The van der Waals surface area contributed by atoms with Crippen molar-refractivity contribution >= 4 is 64.9 Å². The molecule has 0 radical (unpaired) electrons. The molecule has 0 aliphatic heterocycles. The molecule has 10 rings (SSSR count). The van der Waals surface area contributed by atoms with Gasteiger partial charge in [-0.05, 0) is 89.3 Å². The van der Waals surface area contributed by atoms with E-state index >= 15 is 0 Å². The van der Waals surface area contributed by atoms with Gasteiger partial charge in [-0.1, -0.05) is 158 Å². The lowest BCUT2D eigenvalue weighted by atomic mass is 9.82. The molecule has 9 aromatic carbocycles. The van der Waals surface area contributed by atoms with E-state index in [4.69, 9.17) is 4.98 Å². The second kappa shape index (κ2) is 10.6. The van der Waals surface area contributed by atoms with Crippen molar-refractivity contribution < 1.29 is 0 Å². The summed E-state index contributed by atoms with van der Waals surface area (Å²) < 4.78 is 0. The summed E-state index contributed by atoms with van der Waals surface area (Å²) in [5.41, 5.74) is 9.58. The smallest absolute Gasteiger partial charge is 0.0788 e. The number of benzene rings is 9. The van der Waals surface area contributed by atoms with E-state index in [0.29, 0.717) is 0 Å². The molecule has 48 heavy (non-hydrogen) atoms. The topological polar surface area (TPSA) is 12.9 Å². The van der Waals surface area contributed by atoms with Crippen LogP contribution in [0.5, 0.6) is 0 Å². The predicted octanol–water partition coefficient (Wildman–Crippen LogP) is 13.0. The molecule has 0 unspecified atom stereocenters. The fourth-order valence-corrected chi connectivity index (χ4v) is 7.92. The van der Waals surface area contributed by atoms with Crippen LogP contribution in [0.3, 0.4) is 0 Å². The standard InChI is InChI=1S/C47H29N/c1-2-14-30(15-3-1)33-26-27-41(35-18-6-5-17-34(33)35)45-37-20-8-10-22-39(37)46(40-23-11-9-21-38(40)45)43-29-32-28-31-16-4-13-25-44(31)48-47(32)42-24-12-7-19-36(42)43/h1-29H. The number of fused-ring (bicyclic) bond motifs is 7. The SMILES string of the molecule is c1ccc(-c2ccc(-c3c4ccccc4c(-c4cc5cc6ccccc6nc5c5ccccc45)c4ccccc34)c3ccccc23)cc1. The predicted molar refractivity (Wildman–Crippen MR) is 206 cm³/mol. The number of rotatable bonds is 3.